The average molecular weight is 261 g/mol. The first-order chi connectivity index (χ1) is 7.56. The third-order valence-electron chi connectivity index (χ3n) is 2.09. The maximum Gasteiger partial charge on any atom is 0.252 e. The van der Waals surface area contributed by atoms with Crippen molar-refractivity contribution < 1.29 is 13.5 Å². The Labute approximate surface area is 99.9 Å². The molecule has 16 heavy (non-hydrogen) atoms. The molecule has 0 aliphatic carbocycles. The van der Waals surface area contributed by atoms with Gasteiger partial charge in [0.15, 0.2) is 0 Å². The largest absolute Gasteiger partial charge is 0.392 e. The Morgan fingerprint density at radius 1 is 1.62 bits per heavy atom. The number of aliphatic hydroxyl groups excluding tert-OH is 1. The van der Waals surface area contributed by atoms with E-state index in [1.54, 1.807) is 18.4 Å². The average Bonchev–Trinajstić information content (AvgIpc) is 2.74. The van der Waals surface area contributed by atoms with Gasteiger partial charge in [-0.3, -0.25) is 0 Å². The lowest BCUT2D eigenvalue weighted by Crippen LogP contribution is -2.30. The second kappa shape index (κ2) is 5.58. The highest BCUT2D eigenvalue weighted by atomic mass is 32.2. The van der Waals surface area contributed by atoms with Crippen LogP contribution in [0, 0.1) is 0 Å². The number of thiophene rings is 1. The van der Waals surface area contributed by atoms with Crippen molar-refractivity contribution in [2.45, 2.75) is 17.7 Å². The van der Waals surface area contributed by atoms with E-state index in [-0.39, 0.29) is 10.8 Å². The van der Waals surface area contributed by atoms with E-state index in [1.807, 2.05) is 0 Å². The molecule has 0 unspecified atom stereocenters. The Kier molecular flexibility index (Phi) is 4.67. The molecule has 0 amide bonds. The molecule has 1 N–H and O–H groups in total. The maximum absolute atomic E-state index is 12.1. The molecule has 0 spiro atoms. The second-order valence-electron chi connectivity index (χ2n) is 3.18. The third-order valence-corrected chi connectivity index (χ3v) is 5.50. The number of hydrogen-bond acceptors (Lipinski definition) is 4. The minimum absolute atomic E-state index is 0.139. The SMILES string of the molecule is C=CCN(CC)S(=O)(=O)c1cc(CO)cs1. The van der Waals surface area contributed by atoms with E-state index >= 15 is 0 Å². The predicted octanol–water partition coefficient (Wildman–Crippen LogP) is 1.44. The highest BCUT2D eigenvalue weighted by Crippen LogP contribution is 2.23. The number of hydrogen-bond donors (Lipinski definition) is 1. The Morgan fingerprint density at radius 2 is 2.31 bits per heavy atom. The summed E-state index contributed by atoms with van der Waals surface area (Å²) < 4.78 is 25.8. The van der Waals surface area contributed by atoms with Crippen molar-refractivity contribution in [2.24, 2.45) is 0 Å². The number of aliphatic hydroxyl groups is 1. The summed E-state index contributed by atoms with van der Waals surface area (Å²) in [6.45, 7) is 5.87. The van der Waals surface area contributed by atoms with Crippen molar-refractivity contribution in [3.63, 3.8) is 0 Å². The molecule has 6 heteroatoms. The van der Waals surface area contributed by atoms with Crippen LogP contribution in [0.5, 0.6) is 0 Å². The Hall–Kier alpha value is -0.690. The maximum atomic E-state index is 12.1. The van der Waals surface area contributed by atoms with E-state index in [0.717, 1.165) is 11.3 Å². The van der Waals surface area contributed by atoms with Crippen LogP contribution in [0.1, 0.15) is 12.5 Å². The standard InChI is InChI=1S/C10H15NO3S2/c1-3-5-11(4-2)16(13,14)10-6-9(7-12)8-15-10/h3,6,8,12H,1,4-5,7H2,2H3. The predicted molar refractivity (Wildman–Crippen MR) is 64.9 cm³/mol. The number of rotatable bonds is 6. The van der Waals surface area contributed by atoms with E-state index in [1.165, 1.54) is 10.4 Å². The summed E-state index contributed by atoms with van der Waals surface area (Å²) in [6.07, 6.45) is 1.56. The number of sulfonamides is 1. The van der Waals surface area contributed by atoms with Gasteiger partial charge < -0.3 is 5.11 Å². The molecule has 0 radical (unpaired) electrons. The van der Waals surface area contributed by atoms with Crippen LogP contribution >= 0.6 is 11.3 Å². The van der Waals surface area contributed by atoms with Gasteiger partial charge in [0.2, 0.25) is 0 Å². The lowest BCUT2D eigenvalue weighted by Gasteiger charge is -2.17. The molecular weight excluding hydrogens is 246 g/mol. The van der Waals surface area contributed by atoms with Gasteiger partial charge in [0.25, 0.3) is 10.0 Å². The first-order valence-electron chi connectivity index (χ1n) is 4.85. The number of nitrogens with zero attached hydrogens (tertiary/aromatic N) is 1. The molecule has 4 nitrogen and oxygen atoms in total. The Bertz CT molecular complexity index is 450. The number of likely N-dealkylation sites (N-methyl/N-ethyl adjacent to an activating group) is 1. The van der Waals surface area contributed by atoms with Crippen molar-refractivity contribution in [1.82, 2.24) is 4.31 Å². The van der Waals surface area contributed by atoms with Crippen LogP contribution in [0.3, 0.4) is 0 Å². The first kappa shape index (κ1) is 13.4. The summed E-state index contributed by atoms with van der Waals surface area (Å²) >= 11 is 1.13. The normalized spacial score (nSPS) is 11.9. The van der Waals surface area contributed by atoms with Crippen LogP contribution in [0.4, 0.5) is 0 Å². The van der Waals surface area contributed by atoms with E-state index < -0.39 is 10.0 Å². The van der Waals surface area contributed by atoms with Crippen LogP contribution in [-0.2, 0) is 16.6 Å². The van der Waals surface area contributed by atoms with Gasteiger partial charge in [-0.1, -0.05) is 13.0 Å². The smallest absolute Gasteiger partial charge is 0.252 e. The molecule has 0 bridgehead atoms. The van der Waals surface area contributed by atoms with E-state index in [9.17, 15) is 8.42 Å². The zero-order valence-electron chi connectivity index (χ0n) is 9.09. The van der Waals surface area contributed by atoms with Gasteiger partial charge in [-0.05, 0) is 17.0 Å². The quantitative estimate of drug-likeness (QED) is 0.788. The van der Waals surface area contributed by atoms with Gasteiger partial charge in [0, 0.05) is 13.1 Å². The molecule has 1 heterocycles. The van der Waals surface area contributed by atoms with E-state index in [4.69, 9.17) is 5.11 Å². The van der Waals surface area contributed by atoms with Gasteiger partial charge in [-0.2, -0.15) is 4.31 Å². The molecule has 0 aliphatic heterocycles. The van der Waals surface area contributed by atoms with Crippen molar-refractivity contribution in [2.75, 3.05) is 13.1 Å². The summed E-state index contributed by atoms with van der Waals surface area (Å²) in [7, 11) is -3.43. The molecule has 0 saturated carbocycles. The Balaban J connectivity index is 3.04. The summed E-state index contributed by atoms with van der Waals surface area (Å²) in [5.74, 6) is 0. The third kappa shape index (κ3) is 2.70. The van der Waals surface area contributed by atoms with Crippen LogP contribution in [0.25, 0.3) is 0 Å². The van der Waals surface area contributed by atoms with Gasteiger partial charge in [0.05, 0.1) is 6.61 Å². The molecule has 0 saturated heterocycles. The minimum Gasteiger partial charge on any atom is -0.392 e. The highest BCUT2D eigenvalue weighted by Gasteiger charge is 2.23. The van der Waals surface area contributed by atoms with Gasteiger partial charge in [-0.25, -0.2) is 8.42 Å². The molecule has 0 aliphatic rings. The lowest BCUT2D eigenvalue weighted by molar-refractivity contribution is 0.282. The Morgan fingerprint density at radius 3 is 2.75 bits per heavy atom. The summed E-state index contributed by atoms with van der Waals surface area (Å²) in [5.41, 5.74) is 0.623. The zero-order valence-corrected chi connectivity index (χ0v) is 10.7. The first-order valence-corrected chi connectivity index (χ1v) is 7.17. The molecule has 0 fully saturated rings. The monoisotopic (exact) mass is 261 g/mol. The summed E-state index contributed by atoms with van der Waals surface area (Å²) in [4.78, 5) is 0. The lowest BCUT2D eigenvalue weighted by atomic mass is 10.4. The molecule has 1 aromatic rings. The van der Waals surface area contributed by atoms with Crippen LogP contribution in [0.2, 0.25) is 0 Å². The van der Waals surface area contributed by atoms with Crippen LogP contribution < -0.4 is 0 Å². The topological polar surface area (TPSA) is 57.6 Å². The fourth-order valence-corrected chi connectivity index (χ4v) is 4.01. The van der Waals surface area contributed by atoms with Crippen LogP contribution in [0.15, 0.2) is 28.3 Å². The molecule has 1 aromatic heterocycles. The molecular formula is C10H15NO3S2. The second-order valence-corrected chi connectivity index (χ2v) is 6.25. The van der Waals surface area contributed by atoms with E-state index in [0.29, 0.717) is 18.7 Å². The summed E-state index contributed by atoms with van der Waals surface area (Å²) in [5, 5.41) is 10.5. The fraction of sp³-hybridized carbons (Fsp3) is 0.400. The summed E-state index contributed by atoms with van der Waals surface area (Å²) in [6, 6.07) is 1.51. The van der Waals surface area contributed by atoms with Gasteiger partial charge in [0.1, 0.15) is 4.21 Å². The van der Waals surface area contributed by atoms with Crippen molar-refractivity contribution in [3.05, 3.63) is 29.7 Å². The zero-order chi connectivity index (χ0) is 12.2. The van der Waals surface area contributed by atoms with Crippen molar-refractivity contribution >= 4 is 21.4 Å². The van der Waals surface area contributed by atoms with Crippen molar-refractivity contribution in [3.8, 4) is 0 Å². The van der Waals surface area contributed by atoms with Gasteiger partial charge in [-0.15, -0.1) is 17.9 Å². The molecule has 90 valence electrons. The molecule has 0 atom stereocenters. The molecule has 1 rings (SSSR count). The van der Waals surface area contributed by atoms with Gasteiger partial charge >= 0.3 is 0 Å². The fourth-order valence-electron chi connectivity index (χ4n) is 1.24. The highest BCUT2D eigenvalue weighted by molar-refractivity contribution is 7.91. The van der Waals surface area contributed by atoms with Crippen LogP contribution in [-0.4, -0.2) is 30.9 Å². The minimum atomic E-state index is -3.43. The van der Waals surface area contributed by atoms with E-state index in [2.05, 4.69) is 6.58 Å². The molecule has 0 aromatic carbocycles. The van der Waals surface area contributed by atoms with Crippen molar-refractivity contribution in [1.29, 1.82) is 0 Å².